The molecule has 0 aliphatic carbocycles. The Morgan fingerprint density at radius 3 is 2.45 bits per heavy atom. The van der Waals surface area contributed by atoms with E-state index in [2.05, 4.69) is 23.8 Å². The number of para-hydroxylation sites is 1. The van der Waals surface area contributed by atoms with Gasteiger partial charge in [-0.15, -0.1) is 0 Å². The van der Waals surface area contributed by atoms with Crippen LogP contribution in [-0.4, -0.2) is 51.8 Å². The third-order valence-electron chi connectivity index (χ3n) is 5.94. The fourth-order valence-corrected chi connectivity index (χ4v) is 5.21. The van der Waals surface area contributed by atoms with Gasteiger partial charge in [-0.1, -0.05) is 61.1 Å². The van der Waals surface area contributed by atoms with E-state index in [1.165, 1.54) is 11.3 Å². The number of fused-ring (bicyclic) bond motifs is 1. The molecule has 0 N–H and O–H groups in total. The van der Waals surface area contributed by atoms with Crippen LogP contribution in [-0.2, 0) is 0 Å². The van der Waals surface area contributed by atoms with Gasteiger partial charge in [-0.2, -0.15) is 5.10 Å². The first-order valence-electron chi connectivity index (χ1n) is 11.1. The zero-order chi connectivity index (χ0) is 23.5. The molecular formula is C25H28ClN5OS. The van der Waals surface area contributed by atoms with Crippen LogP contribution in [0.3, 0.4) is 0 Å². The predicted molar refractivity (Wildman–Crippen MR) is 137 cm³/mol. The molecule has 0 unspecified atom stereocenters. The van der Waals surface area contributed by atoms with Gasteiger partial charge in [0.2, 0.25) is 0 Å². The largest absolute Gasteiger partial charge is 0.302 e. The number of thiazole rings is 1. The summed E-state index contributed by atoms with van der Waals surface area (Å²) in [4.78, 5) is 22.7. The zero-order valence-electron chi connectivity index (χ0n) is 19.4. The number of likely N-dealkylation sites (N-methyl/N-ethyl adjacent to an activating group) is 1. The van der Waals surface area contributed by atoms with Gasteiger partial charge in [-0.3, -0.25) is 9.69 Å². The minimum absolute atomic E-state index is 0.102. The number of benzene rings is 2. The standard InChI is InChI=1S/C25H28ClN5OS/c1-5-29(6-2)14-15-30(25-28-22-17(3)12-13-21(26)23(22)33-25)24(32)20-16-27-31(18(20)4)19-10-8-7-9-11-19/h7-13,16H,5-6,14-15H2,1-4H3. The average Bonchev–Trinajstić information content (AvgIpc) is 3.44. The third kappa shape index (κ3) is 4.67. The maximum absolute atomic E-state index is 13.8. The van der Waals surface area contributed by atoms with Crippen LogP contribution < -0.4 is 4.90 Å². The molecule has 0 spiro atoms. The van der Waals surface area contributed by atoms with Crippen LogP contribution >= 0.6 is 22.9 Å². The molecule has 2 aromatic heterocycles. The van der Waals surface area contributed by atoms with E-state index in [9.17, 15) is 4.79 Å². The van der Waals surface area contributed by atoms with Gasteiger partial charge in [0, 0.05) is 13.1 Å². The fraction of sp³-hybridized carbons (Fsp3) is 0.320. The molecule has 0 bridgehead atoms. The summed E-state index contributed by atoms with van der Waals surface area (Å²) in [5.74, 6) is -0.102. The number of carbonyl (C=O) groups excluding carboxylic acids is 1. The molecule has 0 fully saturated rings. The van der Waals surface area contributed by atoms with Crippen LogP contribution in [0.5, 0.6) is 0 Å². The van der Waals surface area contributed by atoms with Crippen LogP contribution in [0, 0.1) is 13.8 Å². The lowest BCUT2D eigenvalue weighted by molar-refractivity contribution is 0.0983. The predicted octanol–water partition coefficient (Wildman–Crippen LogP) is 5.74. The van der Waals surface area contributed by atoms with Crippen LogP contribution in [0.15, 0.2) is 48.7 Å². The van der Waals surface area contributed by atoms with Gasteiger partial charge in [-0.25, -0.2) is 9.67 Å². The quantitative estimate of drug-likeness (QED) is 0.322. The molecule has 172 valence electrons. The number of amides is 1. The first-order chi connectivity index (χ1) is 15.9. The van der Waals surface area contributed by atoms with Gasteiger partial charge in [0.1, 0.15) is 0 Å². The zero-order valence-corrected chi connectivity index (χ0v) is 21.0. The molecule has 33 heavy (non-hydrogen) atoms. The fourth-order valence-electron chi connectivity index (χ4n) is 3.87. The van der Waals surface area contributed by atoms with E-state index in [1.54, 1.807) is 15.8 Å². The Labute approximate surface area is 203 Å². The van der Waals surface area contributed by atoms with Crippen molar-refractivity contribution in [1.29, 1.82) is 0 Å². The number of aryl methyl sites for hydroxylation is 1. The summed E-state index contributed by atoms with van der Waals surface area (Å²) in [5, 5.41) is 5.82. The number of nitrogens with zero attached hydrogens (tertiary/aromatic N) is 5. The van der Waals surface area contributed by atoms with Crippen molar-refractivity contribution in [2.75, 3.05) is 31.1 Å². The second kappa shape index (κ2) is 10.0. The number of rotatable bonds is 8. The molecule has 2 heterocycles. The van der Waals surface area contributed by atoms with E-state index in [0.29, 0.717) is 22.3 Å². The van der Waals surface area contributed by atoms with Gasteiger partial charge >= 0.3 is 0 Å². The van der Waals surface area contributed by atoms with Crippen molar-refractivity contribution in [3.63, 3.8) is 0 Å². The normalized spacial score (nSPS) is 11.5. The number of hydrogen-bond acceptors (Lipinski definition) is 5. The Kier molecular flexibility index (Phi) is 7.12. The van der Waals surface area contributed by atoms with Crippen molar-refractivity contribution in [3.05, 3.63) is 70.5 Å². The Hall–Kier alpha value is -2.74. The SMILES string of the molecule is CCN(CC)CCN(C(=O)c1cnn(-c2ccccc2)c1C)c1nc2c(C)ccc(Cl)c2s1. The van der Waals surface area contributed by atoms with Crippen molar-refractivity contribution in [2.24, 2.45) is 0 Å². The molecule has 8 heteroatoms. The molecule has 6 nitrogen and oxygen atoms in total. The first kappa shape index (κ1) is 23.4. The Morgan fingerprint density at radius 2 is 1.79 bits per heavy atom. The van der Waals surface area contributed by atoms with Crippen molar-refractivity contribution in [3.8, 4) is 5.69 Å². The highest BCUT2D eigenvalue weighted by Gasteiger charge is 2.26. The highest BCUT2D eigenvalue weighted by Crippen LogP contribution is 2.36. The summed E-state index contributed by atoms with van der Waals surface area (Å²) in [6.07, 6.45) is 1.65. The summed E-state index contributed by atoms with van der Waals surface area (Å²) >= 11 is 7.92. The third-order valence-corrected chi connectivity index (χ3v) is 7.48. The van der Waals surface area contributed by atoms with E-state index in [4.69, 9.17) is 16.6 Å². The summed E-state index contributed by atoms with van der Waals surface area (Å²) in [6.45, 7) is 11.3. The van der Waals surface area contributed by atoms with E-state index >= 15 is 0 Å². The maximum Gasteiger partial charge on any atom is 0.263 e. The van der Waals surface area contributed by atoms with Crippen molar-refractivity contribution < 1.29 is 4.79 Å². The van der Waals surface area contributed by atoms with Gasteiger partial charge in [0.15, 0.2) is 5.13 Å². The minimum atomic E-state index is -0.102. The average molecular weight is 482 g/mol. The summed E-state index contributed by atoms with van der Waals surface area (Å²) in [7, 11) is 0. The highest BCUT2D eigenvalue weighted by atomic mass is 35.5. The molecule has 0 aliphatic rings. The Morgan fingerprint density at radius 1 is 1.06 bits per heavy atom. The second-order valence-electron chi connectivity index (χ2n) is 7.91. The molecule has 0 saturated carbocycles. The summed E-state index contributed by atoms with van der Waals surface area (Å²) in [6, 6.07) is 13.7. The molecule has 2 aromatic carbocycles. The summed E-state index contributed by atoms with van der Waals surface area (Å²) in [5.41, 5.74) is 4.18. The van der Waals surface area contributed by atoms with Crippen molar-refractivity contribution in [2.45, 2.75) is 27.7 Å². The van der Waals surface area contributed by atoms with Crippen molar-refractivity contribution in [1.82, 2.24) is 19.7 Å². The van der Waals surface area contributed by atoms with Gasteiger partial charge in [-0.05, 0) is 50.7 Å². The van der Waals surface area contributed by atoms with Crippen LogP contribution in [0.2, 0.25) is 5.02 Å². The van der Waals surface area contributed by atoms with Crippen LogP contribution in [0.4, 0.5) is 5.13 Å². The maximum atomic E-state index is 13.8. The molecule has 4 aromatic rings. The lowest BCUT2D eigenvalue weighted by Crippen LogP contribution is -2.39. The highest BCUT2D eigenvalue weighted by molar-refractivity contribution is 7.23. The number of hydrogen-bond donors (Lipinski definition) is 0. The molecule has 0 radical (unpaired) electrons. The van der Waals surface area contributed by atoms with E-state index in [0.717, 1.165) is 46.8 Å². The summed E-state index contributed by atoms with van der Waals surface area (Å²) < 4.78 is 2.71. The molecule has 4 rings (SSSR count). The van der Waals surface area contributed by atoms with E-state index in [-0.39, 0.29) is 5.91 Å². The smallest absolute Gasteiger partial charge is 0.263 e. The molecule has 0 aliphatic heterocycles. The first-order valence-corrected chi connectivity index (χ1v) is 12.3. The lowest BCUT2D eigenvalue weighted by Gasteiger charge is -2.24. The molecule has 0 atom stereocenters. The van der Waals surface area contributed by atoms with E-state index < -0.39 is 0 Å². The lowest BCUT2D eigenvalue weighted by atomic mass is 10.2. The van der Waals surface area contributed by atoms with Crippen LogP contribution in [0.1, 0.15) is 35.5 Å². The topological polar surface area (TPSA) is 54.3 Å². The number of anilines is 1. The van der Waals surface area contributed by atoms with E-state index in [1.807, 2.05) is 56.3 Å². The van der Waals surface area contributed by atoms with Gasteiger partial charge < -0.3 is 4.90 Å². The monoisotopic (exact) mass is 481 g/mol. The number of aromatic nitrogens is 3. The van der Waals surface area contributed by atoms with Crippen molar-refractivity contribution >= 4 is 44.2 Å². The van der Waals surface area contributed by atoms with Gasteiger partial charge in [0.05, 0.1) is 38.4 Å². The Bertz CT molecular complexity index is 1220. The van der Waals surface area contributed by atoms with Gasteiger partial charge in [0.25, 0.3) is 5.91 Å². The number of carbonyl (C=O) groups is 1. The molecule has 0 saturated heterocycles. The number of halogens is 1. The Balaban J connectivity index is 1.74. The minimum Gasteiger partial charge on any atom is -0.302 e. The molecule has 1 amide bonds. The second-order valence-corrected chi connectivity index (χ2v) is 9.30. The van der Waals surface area contributed by atoms with Crippen LogP contribution in [0.25, 0.3) is 15.9 Å². The molecular weight excluding hydrogens is 454 g/mol.